The molecule has 0 bridgehead atoms. The third-order valence-corrected chi connectivity index (χ3v) is 3.79. The Morgan fingerprint density at radius 1 is 1.29 bits per heavy atom. The maximum absolute atomic E-state index is 11.1. The van der Waals surface area contributed by atoms with Crippen molar-refractivity contribution in [3.63, 3.8) is 0 Å². The molecule has 0 aliphatic rings. The molecule has 0 unspecified atom stereocenters. The summed E-state index contributed by atoms with van der Waals surface area (Å²) in [6.45, 7) is 0. The Labute approximate surface area is 137 Å². The van der Waals surface area contributed by atoms with Gasteiger partial charge in [-0.2, -0.15) is 5.26 Å². The molecule has 6 nitrogen and oxygen atoms in total. The molecule has 0 fully saturated rings. The van der Waals surface area contributed by atoms with Gasteiger partial charge in [0.05, 0.1) is 7.05 Å². The summed E-state index contributed by atoms with van der Waals surface area (Å²) in [6, 6.07) is 14.0. The second kappa shape index (κ2) is 5.89. The largest absolute Gasteiger partial charge is 0.507 e. The molecule has 0 amide bonds. The first-order valence-corrected chi connectivity index (χ1v) is 7.16. The predicted octanol–water partition coefficient (Wildman–Crippen LogP) is 2.46. The number of phenols is 1. The van der Waals surface area contributed by atoms with Crippen LogP contribution in [0, 0.1) is 11.3 Å². The monoisotopic (exact) mass is 320 g/mol. The van der Waals surface area contributed by atoms with Gasteiger partial charge in [0.2, 0.25) is 0 Å². The minimum Gasteiger partial charge on any atom is -0.507 e. The Hall–Kier alpha value is -3.59. The highest BCUT2D eigenvalue weighted by Crippen LogP contribution is 2.22. The van der Waals surface area contributed by atoms with Crippen LogP contribution in [0.2, 0.25) is 0 Å². The standard InChI is InChI=1S/C18H13N3O3/c1-21-15-5-3-2-4-14(15)20-17(21)12(10-19)8-11-6-7-16(22)13(9-11)18(23)24/h2-9H,1H3,(H2,20,22,23,24)/p+1. The summed E-state index contributed by atoms with van der Waals surface area (Å²) in [5.41, 5.74) is 2.51. The van der Waals surface area contributed by atoms with Crippen molar-refractivity contribution < 1.29 is 19.6 Å². The number of aromatic nitrogens is 2. The van der Waals surface area contributed by atoms with Crippen LogP contribution in [0.4, 0.5) is 0 Å². The van der Waals surface area contributed by atoms with E-state index in [1.807, 2.05) is 35.9 Å². The first-order chi connectivity index (χ1) is 11.5. The van der Waals surface area contributed by atoms with E-state index in [2.05, 4.69) is 11.1 Å². The van der Waals surface area contributed by atoms with E-state index in [0.717, 1.165) is 11.0 Å². The second-order valence-electron chi connectivity index (χ2n) is 5.30. The average molecular weight is 320 g/mol. The van der Waals surface area contributed by atoms with Crippen LogP contribution in [0.25, 0.3) is 22.7 Å². The summed E-state index contributed by atoms with van der Waals surface area (Å²) in [6.07, 6.45) is 1.58. The van der Waals surface area contributed by atoms with Crippen molar-refractivity contribution in [1.82, 2.24) is 4.98 Å². The summed E-state index contributed by atoms with van der Waals surface area (Å²) in [5, 5.41) is 28.2. The maximum Gasteiger partial charge on any atom is 0.339 e. The molecule has 0 saturated heterocycles. The molecule has 24 heavy (non-hydrogen) atoms. The lowest BCUT2D eigenvalue weighted by atomic mass is 10.1. The molecule has 118 valence electrons. The molecule has 0 spiro atoms. The minimum atomic E-state index is -1.22. The van der Waals surface area contributed by atoms with Crippen LogP contribution in [-0.2, 0) is 7.05 Å². The number of carboxylic acids is 1. The van der Waals surface area contributed by atoms with Gasteiger partial charge in [0, 0.05) is 0 Å². The van der Waals surface area contributed by atoms with Crippen LogP contribution in [0.1, 0.15) is 21.7 Å². The molecule has 0 radical (unpaired) electrons. The zero-order chi connectivity index (χ0) is 17.3. The lowest BCUT2D eigenvalue weighted by molar-refractivity contribution is -0.646. The number of aromatic hydroxyl groups is 1. The number of H-pyrrole nitrogens is 1. The molecule has 1 aromatic heterocycles. The normalized spacial score (nSPS) is 11.4. The fourth-order valence-corrected chi connectivity index (χ4v) is 2.59. The van der Waals surface area contributed by atoms with Gasteiger partial charge in [-0.05, 0) is 35.9 Å². The van der Waals surface area contributed by atoms with Crippen LogP contribution in [0.15, 0.2) is 42.5 Å². The average Bonchev–Trinajstić information content (AvgIpc) is 2.91. The summed E-state index contributed by atoms with van der Waals surface area (Å²) in [5.74, 6) is -0.921. The number of carboxylic acid groups (broad SMARTS) is 1. The van der Waals surface area contributed by atoms with Crippen molar-refractivity contribution in [3.8, 4) is 11.8 Å². The van der Waals surface area contributed by atoms with Gasteiger partial charge in [-0.3, -0.25) is 0 Å². The fraction of sp³-hybridized carbons (Fsp3) is 0.0556. The number of allylic oxidation sites excluding steroid dienone is 1. The molecular formula is C18H14N3O3+. The van der Waals surface area contributed by atoms with Crippen molar-refractivity contribution >= 4 is 28.7 Å². The second-order valence-corrected chi connectivity index (χ2v) is 5.30. The van der Waals surface area contributed by atoms with E-state index >= 15 is 0 Å². The van der Waals surface area contributed by atoms with Crippen molar-refractivity contribution in [3.05, 3.63) is 59.4 Å². The zero-order valence-electron chi connectivity index (χ0n) is 12.8. The first kappa shape index (κ1) is 15.3. The highest BCUT2D eigenvalue weighted by molar-refractivity contribution is 5.93. The Morgan fingerprint density at radius 2 is 2.04 bits per heavy atom. The molecule has 6 heteroatoms. The fourth-order valence-electron chi connectivity index (χ4n) is 2.59. The van der Waals surface area contributed by atoms with E-state index in [1.54, 1.807) is 12.1 Å². The third-order valence-electron chi connectivity index (χ3n) is 3.79. The number of aromatic carboxylic acids is 1. The number of nitrogens with zero attached hydrogens (tertiary/aromatic N) is 2. The molecule has 2 aromatic carbocycles. The molecule has 0 saturated carbocycles. The summed E-state index contributed by atoms with van der Waals surface area (Å²) in [4.78, 5) is 14.3. The van der Waals surface area contributed by atoms with Crippen LogP contribution >= 0.6 is 0 Å². The molecule has 3 aromatic rings. The Morgan fingerprint density at radius 3 is 2.71 bits per heavy atom. The van der Waals surface area contributed by atoms with Gasteiger partial charge in [-0.15, -0.1) is 0 Å². The number of para-hydroxylation sites is 2. The van der Waals surface area contributed by atoms with Crippen LogP contribution in [0.3, 0.4) is 0 Å². The number of aromatic amines is 1. The third kappa shape index (κ3) is 2.59. The van der Waals surface area contributed by atoms with Gasteiger partial charge in [0.1, 0.15) is 23.0 Å². The number of nitrogens with one attached hydrogen (secondary N) is 1. The number of rotatable bonds is 3. The first-order valence-electron chi connectivity index (χ1n) is 7.16. The van der Waals surface area contributed by atoms with Crippen LogP contribution in [-0.4, -0.2) is 21.2 Å². The predicted molar refractivity (Wildman–Crippen MR) is 88.0 cm³/mol. The van der Waals surface area contributed by atoms with Gasteiger partial charge in [0.15, 0.2) is 11.0 Å². The zero-order valence-corrected chi connectivity index (χ0v) is 12.8. The van der Waals surface area contributed by atoms with E-state index in [9.17, 15) is 15.2 Å². The van der Waals surface area contributed by atoms with Crippen molar-refractivity contribution in [2.75, 3.05) is 0 Å². The number of hydrogen-bond acceptors (Lipinski definition) is 3. The Bertz CT molecular complexity index is 1030. The molecular weight excluding hydrogens is 306 g/mol. The van der Waals surface area contributed by atoms with Crippen molar-refractivity contribution in [2.45, 2.75) is 0 Å². The Kier molecular flexibility index (Phi) is 3.76. The van der Waals surface area contributed by atoms with E-state index in [1.165, 1.54) is 12.1 Å². The van der Waals surface area contributed by atoms with Gasteiger partial charge < -0.3 is 10.2 Å². The molecule has 0 aliphatic heterocycles. The van der Waals surface area contributed by atoms with Crippen LogP contribution in [0.5, 0.6) is 5.75 Å². The highest BCUT2D eigenvalue weighted by atomic mass is 16.4. The lowest BCUT2D eigenvalue weighted by Crippen LogP contribution is -2.31. The van der Waals surface area contributed by atoms with Crippen molar-refractivity contribution in [2.24, 2.45) is 7.05 Å². The summed E-state index contributed by atoms with van der Waals surface area (Å²) >= 11 is 0. The highest BCUT2D eigenvalue weighted by Gasteiger charge is 2.19. The Balaban J connectivity index is 2.13. The molecule has 0 atom stereocenters. The molecule has 1 heterocycles. The maximum atomic E-state index is 11.1. The quantitative estimate of drug-likeness (QED) is 0.509. The van der Waals surface area contributed by atoms with E-state index in [4.69, 9.17) is 5.11 Å². The number of aryl methyl sites for hydroxylation is 1. The van der Waals surface area contributed by atoms with Gasteiger partial charge >= 0.3 is 5.97 Å². The minimum absolute atomic E-state index is 0.206. The van der Waals surface area contributed by atoms with Crippen LogP contribution < -0.4 is 4.57 Å². The number of nitriles is 1. The molecule has 3 N–H and O–H groups in total. The number of hydrogen-bond donors (Lipinski definition) is 3. The molecule has 0 aliphatic carbocycles. The number of benzene rings is 2. The van der Waals surface area contributed by atoms with Gasteiger partial charge in [-0.1, -0.05) is 18.2 Å². The topological polar surface area (TPSA) is 101 Å². The van der Waals surface area contributed by atoms with E-state index in [-0.39, 0.29) is 11.3 Å². The number of carbonyl (C=O) groups is 1. The summed E-state index contributed by atoms with van der Waals surface area (Å²) < 4.78 is 1.86. The number of imidazole rings is 1. The van der Waals surface area contributed by atoms with Crippen molar-refractivity contribution in [1.29, 1.82) is 5.26 Å². The van der Waals surface area contributed by atoms with E-state index < -0.39 is 5.97 Å². The lowest BCUT2D eigenvalue weighted by Gasteiger charge is -2.01. The summed E-state index contributed by atoms with van der Waals surface area (Å²) in [7, 11) is 1.85. The smallest absolute Gasteiger partial charge is 0.339 e. The van der Waals surface area contributed by atoms with Gasteiger partial charge in [0.25, 0.3) is 5.82 Å². The van der Waals surface area contributed by atoms with Gasteiger partial charge in [-0.25, -0.2) is 14.3 Å². The molecule has 3 rings (SSSR count). The number of fused-ring (bicyclic) bond motifs is 1. The SMILES string of the molecule is C[n+]1c(C(C#N)=Cc2ccc(O)c(C(=O)O)c2)[nH]c2ccccc21. The van der Waals surface area contributed by atoms with E-state index in [0.29, 0.717) is 17.0 Å².